The summed E-state index contributed by atoms with van der Waals surface area (Å²) in [5.41, 5.74) is -0.0521. The first kappa shape index (κ1) is 12.8. The predicted octanol–water partition coefficient (Wildman–Crippen LogP) is 0.717. The zero-order chi connectivity index (χ0) is 12.1. The van der Waals surface area contributed by atoms with Crippen LogP contribution in [0.4, 0.5) is 4.39 Å². The Morgan fingerprint density at radius 2 is 2.38 bits per heavy atom. The van der Waals surface area contributed by atoms with E-state index < -0.39 is 22.5 Å². The topological polar surface area (TPSA) is 59.1 Å². The van der Waals surface area contributed by atoms with Crippen LogP contribution < -0.4 is 5.32 Å². The number of amides is 1. The number of nitrogens with zero attached hydrogens (tertiary/aromatic N) is 1. The zero-order valence-electron chi connectivity index (χ0n) is 9.07. The van der Waals surface area contributed by atoms with E-state index in [1.54, 1.807) is 13.2 Å². The normalized spacial score (nSPS) is 14.2. The van der Waals surface area contributed by atoms with Crippen molar-refractivity contribution in [1.29, 1.82) is 0 Å². The molecule has 0 aromatic carbocycles. The lowest BCUT2D eigenvalue weighted by Crippen LogP contribution is -2.36. The highest BCUT2D eigenvalue weighted by Crippen LogP contribution is 2.04. The Bertz CT molecular complexity index is 412. The van der Waals surface area contributed by atoms with Crippen molar-refractivity contribution in [1.82, 2.24) is 10.3 Å². The van der Waals surface area contributed by atoms with E-state index in [-0.39, 0.29) is 11.6 Å². The molecule has 1 aromatic rings. The minimum atomic E-state index is -0.995. The number of halogens is 1. The van der Waals surface area contributed by atoms with Gasteiger partial charge in [-0.2, -0.15) is 0 Å². The van der Waals surface area contributed by atoms with Crippen LogP contribution in [0.3, 0.4) is 0 Å². The van der Waals surface area contributed by atoms with Crippen LogP contribution in [0.2, 0.25) is 0 Å². The first-order valence-electron chi connectivity index (χ1n) is 4.71. The molecule has 4 nitrogen and oxygen atoms in total. The molecular weight excluding hydrogens is 231 g/mol. The molecule has 0 saturated carbocycles. The van der Waals surface area contributed by atoms with E-state index in [1.807, 2.05) is 0 Å². The molecule has 0 spiro atoms. The maximum Gasteiger partial charge on any atom is 0.254 e. The summed E-state index contributed by atoms with van der Waals surface area (Å²) >= 11 is 0. The number of carbonyl (C=O) groups excluding carboxylic acids is 1. The third kappa shape index (κ3) is 3.69. The fourth-order valence-corrected chi connectivity index (χ4v) is 2.04. The summed E-state index contributed by atoms with van der Waals surface area (Å²) in [5, 5.41) is 2.57. The third-order valence-electron chi connectivity index (χ3n) is 1.88. The Kier molecular flexibility index (Phi) is 4.54. The SMILES string of the molecule is CC(CS(C)=O)NC(=O)c1ccncc1F. The molecule has 1 rings (SSSR count). The van der Waals surface area contributed by atoms with E-state index in [9.17, 15) is 13.4 Å². The van der Waals surface area contributed by atoms with E-state index in [4.69, 9.17) is 0 Å². The van der Waals surface area contributed by atoms with Gasteiger partial charge in [-0.3, -0.25) is 14.0 Å². The fourth-order valence-electron chi connectivity index (χ4n) is 1.25. The molecule has 1 N–H and O–H groups in total. The number of aromatic nitrogens is 1. The highest BCUT2D eigenvalue weighted by Gasteiger charge is 2.14. The average Bonchev–Trinajstić information content (AvgIpc) is 2.16. The molecule has 0 fully saturated rings. The van der Waals surface area contributed by atoms with Gasteiger partial charge in [0.1, 0.15) is 0 Å². The standard InChI is InChI=1S/C10H13FN2O2S/c1-7(6-16(2)15)13-10(14)8-3-4-12-5-9(8)11/h3-5,7H,6H2,1-2H3,(H,13,14). The third-order valence-corrected chi connectivity index (χ3v) is 2.85. The molecule has 0 radical (unpaired) electrons. The molecule has 2 atom stereocenters. The van der Waals surface area contributed by atoms with E-state index >= 15 is 0 Å². The molecule has 0 aliphatic rings. The van der Waals surface area contributed by atoms with Crippen molar-refractivity contribution in [2.45, 2.75) is 13.0 Å². The number of pyridine rings is 1. The van der Waals surface area contributed by atoms with Gasteiger partial charge in [0.25, 0.3) is 5.91 Å². The second kappa shape index (κ2) is 5.69. The van der Waals surface area contributed by atoms with Crippen LogP contribution in [0, 0.1) is 5.82 Å². The van der Waals surface area contributed by atoms with Gasteiger partial charge < -0.3 is 5.32 Å². The second-order valence-corrected chi connectivity index (χ2v) is 4.95. The summed E-state index contributed by atoms with van der Waals surface area (Å²) < 4.78 is 24.1. The lowest BCUT2D eigenvalue weighted by Gasteiger charge is -2.12. The number of carbonyl (C=O) groups is 1. The molecule has 16 heavy (non-hydrogen) atoms. The molecule has 6 heteroatoms. The fraction of sp³-hybridized carbons (Fsp3) is 0.400. The minimum absolute atomic E-state index is 0.0521. The summed E-state index contributed by atoms with van der Waals surface area (Å²) in [6, 6.07) is 1.05. The monoisotopic (exact) mass is 244 g/mol. The van der Waals surface area contributed by atoms with Gasteiger partial charge in [-0.25, -0.2) is 4.39 Å². The molecule has 2 unspecified atom stereocenters. The van der Waals surface area contributed by atoms with Crippen molar-refractivity contribution in [2.75, 3.05) is 12.0 Å². The van der Waals surface area contributed by atoms with Crippen molar-refractivity contribution in [3.8, 4) is 0 Å². The zero-order valence-corrected chi connectivity index (χ0v) is 9.88. The van der Waals surface area contributed by atoms with E-state index in [2.05, 4.69) is 10.3 Å². The van der Waals surface area contributed by atoms with Crippen LogP contribution in [-0.2, 0) is 10.8 Å². The van der Waals surface area contributed by atoms with Crippen LogP contribution in [0.1, 0.15) is 17.3 Å². The number of nitrogens with one attached hydrogen (secondary N) is 1. The molecule has 0 aliphatic heterocycles. The summed E-state index contributed by atoms with van der Waals surface area (Å²) in [5.74, 6) is -0.832. The Morgan fingerprint density at radius 3 is 2.94 bits per heavy atom. The Morgan fingerprint density at radius 1 is 1.69 bits per heavy atom. The minimum Gasteiger partial charge on any atom is -0.349 e. The van der Waals surface area contributed by atoms with Crippen LogP contribution in [0.15, 0.2) is 18.5 Å². The van der Waals surface area contributed by atoms with Gasteiger partial charge in [0.05, 0.1) is 11.8 Å². The molecule has 0 bridgehead atoms. The van der Waals surface area contributed by atoms with Crippen molar-refractivity contribution in [2.24, 2.45) is 0 Å². The van der Waals surface area contributed by atoms with E-state index in [1.165, 1.54) is 12.3 Å². The average molecular weight is 244 g/mol. The lowest BCUT2D eigenvalue weighted by molar-refractivity contribution is 0.0939. The number of hydrogen-bond acceptors (Lipinski definition) is 3. The molecule has 0 saturated heterocycles. The van der Waals surface area contributed by atoms with Crippen LogP contribution in [0.25, 0.3) is 0 Å². The highest BCUT2D eigenvalue weighted by molar-refractivity contribution is 7.84. The van der Waals surface area contributed by atoms with Gasteiger partial charge in [0.15, 0.2) is 5.82 Å². The molecule has 0 aliphatic carbocycles. The molecule has 1 heterocycles. The van der Waals surface area contributed by atoms with E-state index in [0.717, 1.165) is 6.20 Å². The number of rotatable bonds is 4. The maximum absolute atomic E-state index is 13.2. The van der Waals surface area contributed by atoms with E-state index in [0.29, 0.717) is 5.75 Å². The molecular formula is C10H13FN2O2S. The largest absolute Gasteiger partial charge is 0.349 e. The first-order chi connectivity index (χ1) is 7.50. The van der Waals surface area contributed by atoms with Gasteiger partial charge in [-0.05, 0) is 13.0 Å². The summed E-state index contributed by atoms with van der Waals surface area (Å²) in [6.07, 6.45) is 3.88. The first-order valence-corrected chi connectivity index (χ1v) is 6.44. The van der Waals surface area contributed by atoms with Crippen molar-refractivity contribution in [3.63, 3.8) is 0 Å². The highest BCUT2D eigenvalue weighted by atomic mass is 32.2. The Balaban J connectivity index is 2.66. The smallest absolute Gasteiger partial charge is 0.254 e. The summed E-state index contributed by atoms with van der Waals surface area (Å²) in [7, 11) is -0.995. The quantitative estimate of drug-likeness (QED) is 0.849. The Labute approximate surface area is 95.7 Å². The Hall–Kier alpha value is -1.30. The lowest BCUT2D eigenvalue weighted by atomic mass is 10.2. The summed E-state index contributed by atoms with van der Waals surface area (Å²) in [6.45, 7) is 1.72. The van der Waals surface area contributed by atoms with Crippen molar-refractivity contribution < 1.29 is 13.4 Å². The van der Waals surface area contributed by atoms with Crippen LogP contribution in [0.5, 0.6) is 0 Å². The molecule has 88 valence electrons. The van der Waals surface area contributed by atoms with Gasteiger partial charge in [0, 0.05) is 35.0 Å². The van der Waals surface area contributed by atoms with Crippen molar-refractivity contribution in [3.05, 3.63) is 29.8 Å². The summed E-state index contributed by atoms with van der Waals surface area (Å²) in [4.78, 5) is 15.1. The maximum atomic E-state index is 13.2. The number of hydrogen-bond donors (Lipinski definition) is 1. The van der Waals surface area contributed by atoms with Gasteiger partial charge in [-0.15, -0.1) is 0 Å². The molecule has 1 aromatic heterocycles. The van der Waals surface area contributed by atoms with Gasteiger partial charge in [0.2, 0.25) is 0 Å². The predicted molar refractivity (Wildman–Crippen MR) is 60.1 cm³/mol. The van der Waals surface area contributed by atoms with Crippen molar-refractivity contribution >= 4 is 16.7 Å². The molecule has 1 amide bonds. The second-order valence-electron chi connectivity index (χ2n) is 3.47. The van der Waals surface area contributed by atoms with Crippen LogP contribution >= 0.6 is 0 Å². The van der Waals surface area contributed by atoms with Crippen LogP contribution in [-0.4, -0.2) is 33.2 Å². The van der Waals surface area contributed by atoms with Gasteiger partial charge >= 0.3 is 0 Å². The van der Waals surface area contributed by atoms with Gasteiger partial charge in [-0.1, -0.05) is 0 Å².